The van der Waals surface area contributed by atoms with Crippen LogP contribution in [-0.2, 0) is 20.1 Å². The van der Waals surface area contributed by atoms with Crippen molar-refractivity contribution in [2.24, 2.45) is 0 Å². The van der Waals surface area contributed by atoms with Crippen LogP contribution in [0.5, 0.6) is 0 Å². The molecular formula is C108H90BClN6O2. The summed E-state index contributed by atoms with van der Waals surface area (Å²) >= 11 is 6.10. The fourth-order valence-electron chi connectivity index (χ4n) is 18.4. The molecule has 14 aromatic carbocycles. The summed E-state index contributed by atoms with van der Waals surface area (Å²) in [5.41, 5.74) is 29.9. The highest BCUT2D eigenvalue weighted by atomic mass is 35.5. The van der Waals surface area contributed by atoms with Crippen LogP contribution in [0, 0.1) is 0 Å². The molecule has 3 heterocycles. The highest BCUT2D eigenvalue weighted by Crippen LogP contribution is 2.58. The van der Waals surface area contributed by atoms with Crippen molar-refractivity contribution in [3.8, 4) is 146 Å². The van der Waals surface area contributed by atoms with E-state index in [0.29, 0.717) is 40.0 Å². The molecule has 1 aliphatic heterocycles. The summed E-state index contributed by atoms with van der Waals surface area (Å²) in [5.74, 6) is 3.87. The quantitative estimate of drug-likeness (QED) is 0.112. The van der Waals surface area contributed by atoms with Gasteiger partial charge in [-0.05, 0) is 189 Å². The van der Waals surface area contributed by atoms with Crippen LogP contribution in [0.1, 0.15) is 114 Å². The van der Waals surface area contributed by atoms with Crippen molar-refractivity contribution < 1.29 is 9.31 Å². The SMILES string of the molecule is CC1(C)OB(c2ccc3c(c2)-c2ccccc2C32CCCCC2)OC1(C)C.Clc1ccc(-c2cccc(-c3nc(-c4ccccc4)nc(-c4ccc(-c5ccccc5)cc4)n3)c2)cc1.c1ccc(-c2ccc(-c3nc(-c4ccccc4)nc(-c4cccc(-c5ccc(-c6ccc7c(c6)-c6ccccc6C76CCCCC6)cc5)c4)n3)cc2)cc1. The zero-order valence-corrected chi connectivity index (χ0v) is 67.8. The lowest BCUT2D eigenvalue weighted by atomic mass is 9.67. The normalized spacial score (nSPS) is 15.3. The summed E-state index contributed by atoms with van der Waals surface area (Å²) in [7, 11) is -0.296. The predicted octanol–water partition coefficient (Wildman–Crippen LogP) is 27.2. The molecule has 3 fully saturated rings. The summed E-state index contributed by atoms with van der Waals surface area (Å²) in [6, 6.07) is 124. The Morgan fingerprint density at radius 2 is 0.492 bits per heavy atom. The van der Waals surface area contributed by atoms with Gasteiger partial charge in [-0.3, -0.25) is 0 Å². The molecule has 10 heteroatoms. The Hall–Kier alpha value is -12.6. The molecule has 0 N–H and O–H groups in total. The molecule has 0 unspecified atom stereocenters. The van der Waals surface area contributed by atoms with E-state index in [2.05, 4.69) is 258 Å². The minimum atomic E-state index is -0.306. The van der Waals surface area contributed by atoms with Crippen LogP contribution < -0.4 is 5.46 Å². The zero-order chi connectivity index (χ0) is 79.8. The maximum atomic E-state index is 6.31. The number of hydrogen-bond acceptors (Lipinski definition) is 8. The zero-order valence-electron chi connectivity index (χ0n) is 67.0. The number of nitrogens with zero attached hydrogens (tertiary/aromatic N) is 6. The standard InChI is InChI=1S/C51H39N3.C33H22ClN3.C24H29BO2/c1-4-13-35(14-5-1)36-25-27-40(28-26-36)49-52-48(39-15-6-2-7-16-39)53-50(54-49)43-18-12-17-41(33-43)37-21-23-38(24-22-37)42-29-30-47-45(34-42)44-19-8-9-20-46(44)51(47)31-10-3-11-32-51;34-30-20-18-25(19-21-30)28-12-7-13-29(22-28)33-36-31(26-10-5-2-6-11-26)35-32(37-33)27-16-14-24(15-17-27)23-8-3-1-4-9-23;1-22(2)23(3,4)27-25(26-22)17-12-13-21-19(16-17)18-10-6-7-11-20(18)24(21)14-8-5-9-15-24/h1-2,4-9,12-30,33-34H,3,10-11,31-32H2;1-22H;6-7,10-13,16H,5,8-9,14-15H2,1-4H3. The van der Waals surface area contributed by atoms with E-state index >= 15 is 0 Å². The molecule has 0 radical (unpaired) electrons. The van der Waals surface area contributed by atoms with E-state index in [1.54, 1.807) is 0 Å². The van der Waals surface area contributed by atoms with Gasteiger partial charge >= 0.3 is 7.12 Å². The van der Waals surface area contributed by atoms with Gasteiger partial charge in [0.05, 0.1) is 11.2 Å². The molecule has 2 spiro atoms. The van der Waals surface area contributed by atoms with E-state index in [4.69, 9.17) is 50.8 Å². The highest BCUT2D eigenvalue weighted by molar-refractivity contribution is 6.62. The van der Waals surface area contributed by atoms with Crippen LogP contribution in [0.3, 0.4) is 0 Å². The Bertz CT molecular complexity index is 6290. The Labute approximate surface area is 698 Å². The maximum Gasteiger partial charge on any atom is 0.494 e. The van der Waals surface area contributed by atoms with Crippen molar-refractivity contribution in [2.75, 3.05) is 0 Å². The first-order valence-electron chi connectivity index (χ1n) is 41.7. The molecule has 16 aromatic rings. The summed E-state index contributed by atoms with van der Waals surface area (Å²) in [4.78, 5) is 29.6. The molecule has 8 nitrogen and oxygen atoms in total. The third-order valence-electron chi connectivity index (χ3n) is 25.3. The van der Waals surface area contributed by atoms with Crippen molar-refractivity contribution in [1.82, 2.24) is 29.9 Å². The first-order valence-corrected chi connectivity index (χ1v) is 42.0. The second-order valence-electron chi connectivity index (χ2n) is 33.0. The molecule has 21 rings (SSSR count). The van der Waals surface area contributed by atoms with Crippen molar-refractivity contribution in [3.63, 3.8) is 0 Å². The molecule has 1 saturated heterocycles. The molecule has 0 bridgehead atoms. The second-order valence-corrected chi connectivity index (χ2v) is 33.4. The summed E-state index contributed by atoms with van der Waals surface area (Å²) in [6.07, 6.45) is 13.0. The van der Waals surface area contributed by atoms with E-state index in [1.165, 1.54) is 131 Å². The second kappa shape index (κ2) is 32.1. The fourth-order valence-corrected chi connectivity index (χ4v) is 18.5. The van der Waals surface area contributed by atoms with Crippen LogP contribution in [0.15, 0.2) is 352 Å². The maximum absolute atomic E-state index is 6.31. The first kappa shape index (κ1) is 75.4. The van der Waals surface area contributed by atoms with E-state index in [1.807, 2.05) is 121 Å². The van der Waals surface area contributed by atoms with E-state index in [0.717, 1.165) is 72.2 Å². The van der Waals surface area contributed by atoms with Crippen LogP contribution >= 0.6 is 11.6 Å². The molecule has 0 atom stereocenters. The monoisotopic (exact) mass is 1550 g/mol. The highest BCUT2D eigenvalue weighted by Gasteiger charge is 2.53. The lowest BCUT2D eigenvalue weighted by Crippen LogP contribution is -2.41. The fraction of sp³-hybridized carbons (Fsp3) is 0.167. The number of benzene rings is 14. The molecule has 2 aromatic heterocycles. The van der Waals surface area contributed by atoms with Crippen molar-refractivity contribution in [2.45, 2.75) is 114 Å². The van der Waals surface area contributed by atoms with Crippen molar-refractivity contribution >= 4 is 24.2 Å². The van der Waals surface area contributed by atoms with Crippen molar-refractivity contribution in [3.05, 3.63) is 379 Å². The van der Waals surface area contributed by atoms with Crippen LogP contribution in [-0.4, -0.2) is 48.2 Å². The average Bonchev–Trinajstić information content (AvgIpc) is 1.56. The Morgan fingerprint density at radius 1 is 0.229 bits per heavy atom. The van der Waals surface area contributed by atoms with Gasteiger partial charge in [0.25, 0.3) is 0 Å². The Morgan fingerprint density at radius 3 is 0.890 bits per heavy atom. The van der Waals surface area contributed by atoms with E-state index in [9.17, 15) is 0 Å². The molecule has 118 heavy (non-hydrogen) atoms. The van der Waals surface area contributed by atoms with Crippen LogP contribution in [0.4, 0.5) is 0 Å². The number of halogens is 1. The minimum absolute atomic E-state index is 0.186. The van der Waals surface area contributed by atoms with Gasteiger partial charge in [0.1, 0.15) is 0 Å². The van der Waals surface area contributed by atoms with Gasteiger partial charge in [-0.2, -0.15) is 0 Å². The molecule has 2 saturated carbocycles. The topological polar surface area (TPSA) is 95.8 Å². The smallest absolute Gasteiger partial charge is 0.399 e. The van der Waals surface area contributed by atoms with Gasteiger partial charge < -0.3 is 9.31 Å². The third-order valence-corrected chi connectivity index (χ3v) is 25.6. The van der Waals surface area contributed by atoms with Gasteiger partial charge in [-0.15, -0.1) is 0 Å². The number of rotatable bonds is 12. The average molecular weight is 1550 g/mol. The summed E-state index contributed by atoms with van der Waals surface area (Å²) < 4.78 is 12.6. The lowest BCUT2D eigenvalue weighted by Gasteiger charge is -2.36. The Kier molecular flexibility index (Phi) is 20.5. The first-order chi connectivity index (χ1) is 57.8. The third kappa shape index (κ3) is 14.8. The molecule has 574 valence electrons. The van der Waals surface area contributed by atoms with E-state index in [-0.39, 0.29) is 29.2 Å². The van der Waals surface area contributed by atoms with Gasteiger partial charge in [-0.25, -0.2) is 29.9 Å². The van der Waals surface area contributed by atoms with Gasteiger partial charge in [0, 0.05) is 49.2 Å². The molecule has 4 aliphatic carbocycles. The predicted molar refractivity (Wildman–Crippen MR) is 485 cm³/mol. The van der Waals surface area contributed by atoms with Gasteiger partial charge in [-0.1, -0.05) is 372 Å². The molecule has 5 aliphatic rings. The van der Waals surface area contributed by atoms with Crippen LogP contribution in [0.25, 0.3) is 146 Å². The minimum Gasteiger partial charge on any atom is -0.399 e. The number of hydrogen-bond donors (Lipinski definition) is 0. The van der Waals surface area contributed by atoms with Gasteiger partial charge in [0.15, 0.2) is 34.9 Å². The molecule has 0 amide bonds. The van der Waals surface area contributed by atoms with E-state index < -0.39 is 0 Å². The summed E-state index contributed by atoms with van der Waals surface area (Å²) in [5, 5.41) is 0.716. The summed E-state index contributed by atoms with van der Waals surface area (Å²) in [6.45, 7) is 8.47. The number of fused-ring (bicyclic) bond motifs is 10. The number of aromatic nitrogens is 6. The Balaban J connectivity index is 0.000000125. The largest absolute Gasteiger partial charge is 0.494 e. The van der Waals surface area contributed by atoms with Crippen molar-refractivity contribution in [1.29, 1.82) is 0 Å². The lowest BCUT2D eigenvalue weighted by molar-refractivity contribution is 0.00578. The van der Waals surface area contributed by atoms with Gasteiger partial charge in [0.2, 0.25) is 0 Å². The van der Waals surface area contributed by atoms with Crippen LogP contribution in [0.2, 0.25) is 5.02 Å². The molecular weight excluding hydrogens is 1460 g/mol.